The first-order valence-electron chi connectivity index (χ1n) is 10.7. The molecule has 3 atom stereocenters. The van der Waals surface area contributed by atoms with E-state index >= 15 is 0 Å². The van der Waals surface area contributed by atoms with Crippen molar-refractivity contribution in [1.29, 1.82) is 0 Å². The number of hydrogen-bond acceptors (Lipinski definition) is 6. The first-order valence-corrected chi connectivity index (χ1v) is 10.7. The fraction of sp³-hybridized carbons (Fsp3) is 0.440. The zero-order valence-electron chi connectivity index (χ0n) is 19.8. The van der Waals surface area contributed by atoms with E-state index in [9.17, 15) is 0 Å². The second-order valence-corrected chi connectivity index (χ2v) is 6.90. The summed E-state index contributed by atoms with van der Waals surface area (Å²) in [4.78, 5) is 0. The SMILES string of the molecule is C=CC1CC(C=C)C(CCCc2ccccc2)C1.CC.Cc1nn[c-]o1.[W].[Y].[c-]1nn[c-]o1. The van der Waals surface area contributed by atoms with Crippen molar-refractivity contribution < 1.29 is 62.6 Å². The van der Waals surface area contributed by atoms with Crippen LogP contribution in [-0.4, -0.2) is 20.4 Å². The van der Waals surface area contributed by atoms with Crippen LogP contribution in [0.5, 0.6) is 0 Å². The molecule has 1 fully saturated rings. The Labute approximate surface area is 238 Å². The molecule has 0 amide bonds. The second kappa shape index (κ2) is 22.6. The van der Waals surface area contributed by atoms with Gasteiger partial charge in [0.2, 0.25) is 0 Å². The number of hydrogen-bond donors (Lipinski definition) is 0. The fourth-order valence-corrected chi connectivity index (χ4v) is 3.53. The summed E-state index contributed by atoms with van der Waals surface area (Å²) < 4.78 is 8.60. The molecule has 1 aromatic carbocycles. The Morgan fingerprint density at radius 1 is 1.00 bits per heavy atom. The van der Waals surface area contributed by atoms with Gasteiger partial charge >= 0.3 is 0 Å². The molecule has 4 rings (SSSR count). The Morgan fingerprint density at radius 3 is 2.09 bits per heavy atom. The summed E-state index contributed by atoms with van der Waals surface area (Å²) in [6.45, 7) is 13.6. The van der Waals surface area contributed by atoms with E-state index in [2.05, 4.69) is 104 Å². The average molecular weight is 694 g/mol. The second-order valence-electron chi connectivity index (χ2n) is 6.90. The maximum absolute atomic E-state index is 4.49. The summed E-state index contributed by atoms with van der Waals surface area (Å²) in [7, 11) is 0. The van der Waals surface area contributed by atoms with Gasteiger partial charge in [0, 0.05) is 53.8 Å². The number of benzene rings is 1. The van der Waals surface area contributed by atoms with Crippen LogP contribution in [0.1, 0.15) is 51.0 Å². The molecule has 0 N–H and O–H groups in total. The van der Waals surface area contributed by atoms with Crippen molar-refractivity contribution in [2.75, 3.05) is 0 Å². The Balaban J connectivity index is 0. The molecule has 0 aliphatic heterocycles. The summed E-state index contributed by atoms with van der Waals surface area (Å²) in [6.07, 6.45) is 17.0. The molecule has 1 radical (unpaired) electrons. The molecular formula is C25H33N4O2WY-3. The monoisotopic (exact) mass is 694 g/mol. The van der Waals surface area contributed by atoms with E-state index in [1.165, 1.54) is 37.7 Å². The molecule has 1 aliphatic rings. The molecule has 3 unspecified atom stereocenters. The molecule has 2 heterocycles. The molecule has 0 bridgehead atoms. The fourth-order valence-electron chi connectivity index (χ4n) is 3.53. The minimum Gasteiger partial charge on any atom is -0.809 e. The van der Waals surface area contributed by atoms with Crippen LogP contribution < -0.4 is 0 Å². The smallest absolute Gasteiger partial charge is 0.0550 e. The predicted molar refractivity (Wildman–Crippen MR) is 121 cm³/mol. The van der Waals surface area contributed by atoms with E-state index in [0.717, 1.165) is 11.8 Å². The van der Waals surface area contributed by atoms with Crippen molar-refractivity contribution in [3.63, 3.8) is 0 Å². The van der Waals surface area contributed by atoms with Crippen LogP contribution in [-0.2, 0) is 60.2 Å². The standard InChI is InChI=1S/C18H24.C3H3N2O.C2N2O.C2H6.W.Y/c1-3-15-13-17(4-2)18(14-15)12-8-11-16-9-6-5-7-10-16;1-3-5-4-2-6-3;1-3-4-2-5-1;1-2;;/h3-7,9-10,15,17-18H,1-2,8,11-14H2;1H3;;1-2H3;;/q;-1;-2;;;. The Hall–Kier alpha value is -1.23. The molecule has 0 saturated heterocycles. The van der Waals surface area contributed by atoms with Crippen LogP contribution in [0.2, 0.25) is 0 Å². The molecule has 1 aliphatic carbocycles. The molecule has 177 valence electrons. The van der Waals surface area contributed by atoms with Gasteiger partial charge in [-0.2, -0.15) is 0 Å². The molecule has 6 nitrogen and oxygen atoms in total. The third-order valence-electron chi connectivity index (χ3n) is 4.95. The van der Waals surface area contributed by atoms with Crippen molar-refractivity contribution >= 4 is 0 Å². The summed E-state index contributed by atoms with van der Waals surface area (Å²) in [5.41, 5.74) is 1.46. The van der Waals surface area contributed by atoms with E-state index in [1.807, 2.05) is 13.8 Å². The van der Waals surface area contributed by atoms with E-state index < -0.39 is 0 Å². The van der Waals surface area contributed by atoms with Crippen LogP contribution in [0.3, 0.4) is 0 Å². The first kappa shape index (κ1) is 33.9. The minimum absolute atomic E-state index is 0. The van der Waals surface area contributed by atoms with Crippen LogP contribution in [0, 0.1) is 43.9 Å². The van der Waals surface area contributed by atoms with E-state index in [4.69, 9.17) is 0 Å². The molecule has 3 aromatic rings. The van der Waals surface area contributed by atoms with E-state index in [1.54, 1.807) is 6.92 Å². The normalized spacial score (nSPS) is 17.7. The van der Waals surface area contributed by atoms with Gasteiger partial charge in [-0.25, -0.2) is 23.0 Å². The number of aryl methyl sites for hydroxylation is 2. The summed E-state index contributed by atoms with van der Waals surface area (Å²) in [5, 5.41) is 13.0. The van der Waals surface area contributed by atoms with E-state index in [-0.39, 0.29) is 53.8 Å². The summed E-state index contributed by atoms with van der Waals surface area (Å²) in [6, 6.07) is 10.8. The zero-order chi connectivity index (χ0) is 22.7. The topological polar surface area (TPSA) is 77.8 Å². The zero-order valence-corrected chi connectivity index (χ0v) is 25.6. The molecule has 0 spiro atoms. The van der Waals surface area contributed by atoms with Crippen LogP contribution >= 0.6 is 0 Å². The molecule has 33 heavy (non-hydrogen) atoms. The number of rotatable bonds is 6. The first-order chi connectivity index (χ1) is 15.2. The Bertz CT molecular complexity index is 769. The predicted octanol–water partition coefficient (Wildman–Crippen LogP) is 5.89. The maximum Gasteiger partial charge on any atom is 0.0550 e. The number of nitrogens with zero attached hydrogens (tertiary/aromatic N) is 4. The van der Waals surface area contributed by atoms with Crippen molar-refractivity contribution in [3.8, 4) is 0 Å². The Morgan fingerprint density at radius 2 is 1.67 bits per heavy atom. The van der Waals surface area contributed by atoms with Gasteiger partial charge < -0.3 is 19.0 Å². The molecule has 2 aromatic heterocycles. The van der Waals surface area contributed by atoms with Crippen molar-refractivity contribution in [2.24, 2.45) is 17.8 Å². The van der Waals surface area contributed by atoms with Gasteiger partial charge in [-0.1, -0.05) is 63.3 Å². The molecule has 1 saturated carbocycles. The summed E-state index contributed by atoms with van der Waals surface area (Å²) >= 11 is 0. The van der Waals surface area contributed by atoms with Gasteiger partial charge in [0.05, 0.1) is 12.3 Å². The number of aromatic nitrogens is 4. The van der Waals surface area contributed by atoms with Crippen LogP contribution in [0.4, 0.5) is 0 Å². The van der Waals surface area contributed by atoms with Gasteiger partial charge in [-0.15, -0.1) is 13.2 Å². The molecule has 8 heteroatoms. The quantitative estimate of drug-likeness (QED) is 0.237. The van der Waals surface area contributed by atoms with E-state index in [0.29, 0.717) is 11.8 Å². The third kappa shape index (κ3) is 15.3. The Kier molecular flexibility index (Phi) is 23.2. The number of allylic oxidation sites excluding steroid dienone is 2. The van der Waals surface area contributed by atoms with Gasteiger partial charge in [0.1, 0.15) is 0 Å². The van der Waals surface area contributed by atoms with Crippen LogP contribution in [0.25, 0.3) is 0 Å². The van der Waals surface area contributed by atoms with Gasteiger partial charge in [0.25, 0.3) is 0 Å². The van der Waals surface area contributed by atoms with Crippen LogP contribution in [0.15, 0.2) is 64.5 Å². The van der Waals surface area contributed by atoms with Gasteiger partial charge in [0.15, 0.2) is 0 Å². The largest absolute Gasteiger partial charge is 0.809 e. The molecular weight excluding hydrogens is 661 g/mol. The minimum atomic E-state index is 0. The maximum atomic E-state index is 4.49. The third-order valence-corrected chi connectivity index (χ3v) is 4.95. The van der Waals surface area contributed by atoms with Crippen molar-refractivity contribution in [2.45, 2.75) is 52.9 Å². The van der Waals surface area contributed by atoms with Crippen molar-refractivity contribution in [1.82, 2.24) is 20.4 Å². The van der Waals surface area contributed by atoms with Gasteiger partial charge in [-0.05, 0) is 55.4 Å². The summed E-state index contributed by atoms with van der Waals surface area (Å²) in [5.74, 6) is 2.81. The van der Waals surface area contributed by atoms with Crippen molar-refractivity contribution in [3.05, 3.63) is 86.3 Å². The average Bonchev–Trinajstić information content (AvgIpc) is 3.60. The van der Waals surface area contributed by atoms with Gasteiger partial charge in [-0.3, -0.25) is 0 Å².